The molecule has 0 aromatic heterocycles. The van der Waals surface area contributed by atoms with E-state index in [0.29, 0.717) is 11.7 Å². The summed E-state index contributed by atoms with van der Waals surface area (Å²) in [7, 11) is 0. The van der Waals surface area contributed by atoms with Crippen LogP contribution in [0.1, 0.15) is 43.2 Å². The molecule has 0 atom stereocenters. The van der Waals surface area contributed by atoms with Crippen molar-refractivity contribution in [3.63, 3.8) is 0 Å². The zero-order chi connectivity index (χ0) is 11.4. The van der Waals surface area contributed by atoms with Crippen molar-refractivity contribution in [1.29, 1.82) is 0 Å². The van der Waals surface area contributed by atoms with Gasteiger partial charge in [-0.2, -0.15) is 0 Å². The summed E-state index contributed by atoms with van der Waals surface area (Å²) in [6.07, 6.45) is 6.33. The average Bonchev–Trinajstić information content (AvgIpc) is 2.21. The third-order valence-corrected chi connectivity index (χ3v) is 3.52. The standard InChI is InChI=1S/C15H20O/c1-12-4-2-5-14(10-12)8-9-15(16)11-13-6-3-7-13/h2,4-5,10,13H,3,6-9,11H2,1H3. The van der Waals surface area contributed by atoms with Crippen molar-refractivity contribution in [2.45, 2.75) is 45.4 Å². The lowest BCUT2D eigenvalue weighted by Gasteiger charge is -2.24. The number of carbonyl (C=O) groups excluding carboxylic acids is 1. The number of benzene rings is 1. The number of Topliss-reactive ketones (excluding diaryl/α,β-unsaturated/α-hetero) is 1. The summed E-state index contributed by atoms with van der Waals surface area (Å²) in [6.45, 7) is 2.10. The summed E-state index contributed by atoms with van der Waals surface area (Å²) in [6, 6.07) is 8.46. The van der Waals surface area contributed by atoms with Crippen molar-refractivity contribution in [3.05, 3.63) is 35.4 Å². The molecule has 0 unspecified atom stereocenters. The highest BCUT2D eigenvalue weighted by Crippen LogP contribution is 2.29. The fourth-order valence-electron chi connectivity index (χ4n) is 2.27. The Labute approximate surface area is 97.9 Å². The van der Waals surface area contributed by atoms with Crippen LogP contribution in [0.4, 0.5) is 0 Å². The van der Waals surface area contributed by atoms with E-state index in [1.165, 1.54) is 30.4 Å². The molecule has 0 amide bonds. The molecule has 0 aliphatic heterocycles. The molecule has 1 aliphatic rings. The Bertz CT molecular complexity index is 363. The minimum absolute atomic E-state index is 0.450. The van der Waals surface area contributed by atoms with Gasteiger partial charge in [-0.25, -0.2) is 0 Å². The van der Waals surface area contributed by atoms with E-state index in [1.54, 1.807) is 0 Å². The quantitative estimate of drug-likeness (QED) is 0.733. The number of hydrogen-bond acceptors (Lipinski definition) is 1. The summed E-state index contributed by atoms with van der Waals surface area (Å²) in [4.78, 5) is 11.7. The van der Waals surface area contributed by atoms with Crippen molar-refractivity contribution >= 4 is 5.78 Å². The lowest BCUT2D eigenvalue weighted by atomic mass is 9.81. The molecule has 1 heteroatoms. The van der Waals surface area contributed by atoms with Crippen LogP contribution in [-0.4, -0.2) is 5.78 Å². The van der Waals surface area contributed by atoms with Gasteiger partial charge in [-0.3, -0.25) is 4.79 Å². The molecule has 1 nitrogen and oxygen atoms in total. The Morgan fingerprint density at radius 1 is 1.38 bits per heavy atom. The van der Waals surface area contributed by atoms with Crippen LogP contribution in [-0.2, 0) is 11.2 Å². The van der Waals surface area contributed by atoms with Gasteiger partial charge in [-0.1, -0.05) is 49.1 Å². The minimum Gasteiger partial charge on any atom is -0.300 e. The molecular weight excluding hydrogens is 196 g/mol. The molecule has 0 heterocycles. The van der Waals surface area contributed by atoms with Crippen LogP contribution in [0.3, 0.4) is 0 Å². The molecule has 1 fully saturated rings. The lowest BCUT2D eigenvalue weighted by Crippen LogP contribution is -2.16. The molecule has 2 rings (SSSR count). The highest BCUT2D eigenvalue weighted by molar-refractivity contribution is 5.78. The first-order valence-electron chi connectivity index (χ1n) is 6.31. The van der Waals surface area contributed by atoms with Crippen LogP contribution < -0.4 is 0 Å². The van der Waals surface area contributed by atoms with E-state index in [2.05, 4.69) is 31.2 Å². The van der Waals surface area contributed by atoms with Crippen LogP contribution in [0, 0.1) is 12.8 Å². The van der Waals surface area contributed by atoms with Crippen molar-refractivity contribution in [2.24, 2.45) is 5.92 Å². The summed E-state index contributed by atoms with van der Waals surface area (Å²) < 4.78 is 0. The zero-order valence-electron chi connectivity index (χ0n) is 10.0. The van der Waals surface area contributed by atoms with Gasteiger partial charge in [0, 0.05) is 12.8 Å². The second-order valence-electron chi connectivity index (χ2n) is 5.03. The Morgan fingerprint density at radius 2 is 2.19 bits per heavy atom. The summed E-state index contributed by atoms with van der Waals surface area (Å²) in [5.74, 6) is 1.16. The first-order valence-corrected chi connectivity index (χ1v) is 6.31. The molecule has 0 saturated heterocycles. The van der Waals surface area contributed by atoms with Gasteiger partial charge in [0.1, 0.15) is 5.78 Å². The Balaban J connectivity index is 1.75. The zero-order valence-corrected chi connectivity index (χ0v) is 10.0. The maximum atomic E-state index is 11.7. The van der Waals surface area contributed by atoms with Gasteiger partial charge < -0.3 is 0 Å². The van der Waals surface area contributed by atoms with Crippen molar-refractivity contribution in [1.82, 2.24) is 0 Å². The van der Waals surface area contributed by atoms with Crippen LogP contribution >= 0.6 is 0 Å². The summed E-state index contributed by atoms with van der Waals surface area (Å²) >= 11 is 0. The van der Waals surface area contributed by atoms with Crippen molar-refractivity contribution in [3.8, 4) is 0 Å². The molecule has 1 aromatic carbocycles. The third kappa shape index (κ3) is 3.19. The van der Waals surface area contributed by atoms with Gasteiger partial charge in [0.2, 0.25) is 0 Å². The van der Waals surface area contributed by atoms with E-state index in [1.807, 2.05) is 0 Å². The number of hydrogen-bond donors (Lipinski definition) is 0. The van der Waals surface area contributed by atoms with E-state index >= 15 is 0 Å². The smallest absolute Gasteiger partial charge is 0.133 e. The first kappa shape index (κ1) is 11.4. The van der Waals surface area contributed by atoms with Crippen LogP contribution in [0.15, 0.2) is 24.3 Å². The molecule has 1 aliphatic carbocycles. The molecule has 16 heavy (non-hydrogen) atoms. The molecule has 86 valence electrons. The van der Waals surface area contributed by atoms with E-state index < -0.39 is 0 Å². The number of aryl methyl sites for hydroxylation is 2. The summed E-state index contributed by atoms with van der Waals surface area (Å²) in [5, 5.41) is 0. The molecule has 1 aromatic rings. The maximum absolute atomic E-state index is 11.7. The van der Waals surface area contributed by atoms with Gasteiger partial charge in [-0.05, 0) is 24.8 Å². The molecule has 1 saturated carbocycles. The van der Waals surface area contributed by atoms with Crippen molar-refractivity contribution in [2.75, 3.05) is 0 Å². The van der Waals surface area contributed by atoms with Gasteiger partial charge in [0.25, 0.3) is 0 Å². The maximum Gasteiger partial charge on any atom is 0.133 e. The Kier molecular flexibility index (Phi) is 3.76. The second-order valence-corrected chi connectivity index (χ2v) is 5.03. The van der Waals surface area contributed by atoms with E-state index in [4.69, 9.17) is 0 Å². The van der Waals surface area contributed by atoms with Crippen LogP contribution in [0.2, 0.25) is 0 Å². The van der Waals surface area contributed by atoms with E-state index in [9.17, 15) is 4.79 Å². The number of carbonyl (C=O) groups is 1. The fourth-order valence-corrected chi connectivity index (χ4v) is 2.27. The number of rotatable bonds is 5. The lowest BCUT2D eigenvalue weighted by molar-refractivity contribution is -0.120. The van der Waals surface area contributed by atoms with Gasteiger partial charge >= 0.3 is 0 Å². The molecule has 0 radical (unpaired) electrons. The molecule has 0 N–H and O–H groups in total. The van der Waals surface area contributed by atoms with Gasteiger partial charge in [0.05, 0.1) is 0 Å². The predicted octanol–water partition coefficient (Wildman–Crippen LogP) is 3.69. The highest BCUT2D eigenvalue weighted by atomic mass is 16.1. The highest BCUT2D eigenvalue weighted by Gasteiger charge is 2.20. The largest absolute Gasteiger partial charge is 0.300 e. The fraction of sp³-hybridized carbons (Fsp3) is 0.533. The summed E-state index contributed by atoms with van der Waals surface area (Å²) in [5.41, 5.74) is 2.57. The average molecular weight is 216 g/mol. The number of ketones is 1. The van der Waals surface area contributed by atoms with Crippen molar-refractivity contribution < 1.29 is 4.79 Å². The van der Waals surface area contributed by atoms with Crippen LogP contribution in [0.25, 0.3) is 0 Å². The normalized spacial score (nSPS) is 15.8. The SMILES string of the molecule is Cc1cccc(CCC(=O)CC2CCC2)c1. The predicted molar refractivity (Wildman–Crippen MR) is 66.5 cm³/mol. The van der Waals surface area contributed by atoms with E-state index in [-0.39, 0.29) is 0 Å². The Hall–Kier alpha value is -1.11. The topological polar surface area (TPSA) is 17.1 Å². The van der Waals surface area contributed by atoms with E-state index in [0.717, 1.165) is 19.3 Å². The van der Waals surface area contributed by atoms with Gasteiger partial charge in [0.15, 0.2) is 0 Å². The molecular formula is C15H20O. The second kappa shape index (κ2) is 5.29. The Morgan fingerprint density at radius 3 is 2.81 bits per heavy atom. The molecule has 0 bridgehead atoms. The van der Waals surface area contributed by atoms with Crippen LogP contribution in [0.5, 0.6) is 0 Å². The first-order chi connectivity index (χ1) is 7.74. The monoisotopic (exact) mass is 216 g/mol. The van der Waals surface area contributed by atoms with Gasteiger partial charge in [-0.15, -0.1) is 0 Å². The minimum atomic E-state index is 0.450. The molecule has 0 spiro atoms. The third-order valence-electron chi connectivity index (χ3n) is 3.52.